The lowest BCUT2D eigenvalue weighted by Crippen LogP contribution is -2.24. The van der Waals surface area contributed by atoms with Crippen LogP contribution >= 0.6 is 0 Å². The molecule has 0 bridgehead atoms. The second-order valence-electron chi connectivity index (χ2n) is 6.91. The minimum atomic E-state index is -0.244. The largest absolute Gasteiger partial charge is 0.326 e. The molecule has 2 aromatic rings. The minimum Gasteiger partial charge on any atom is -0.326 e. The van der Waals surface area contributed by atoms with E-state index in [2.05, 4.69) is 15.8 Å². The SMILES string of the molecule is CC(=NNC(=O)c1ccccc1)c1ccc(NC(=O)C2CCCCC2)cc1. The van der Waals surface area contributed by atoms with Gasteiger partial charge < -0.3 is 5.32 Å². The highest BCUT2D eigenvalue weighted by atomic mass is 16.2. The van der Waals surface area contributed by atoms with Crippen LogP contribution in [0.4, 0.5) is 5.69 Å². The number of amides is 2. The standard InChI is InChI=1S/C22H25N3O2/c1-16(24-25-22(27)19-10-6-3-7-11-19)17-12-14-20(15-13-17)23-21(26)18-8-4-2-5-9-18/h3,6-7,10-15,18H,2,4-5,8-9H2,1H3,(H,23,26)(H,25,27). The van der Waals surface area contributed by atoms with Crippen LogP contribution in [0.5, 0.6) is 0 Å². The zero-order valence-electron chi connectivity index (χ0n) is 15.6. The van der Waals surface area contributed by atoms with Gasteiger partial charge in [-0.15, -0.1) is 0 Å². The van der Waals surface area contributed by atoms with Gasteiger partial charge in [-0.1, -0.05) is 49.6 Å². The molecule has 1 saturated carbocycles. The molecule has 5 heteroatoms. The summed E-state index contributed by atoms with van der Waals surface area (Å²) < 4.78 is 0. The van der Waals surface area contributed by atoms with Crippen LogP contribution in [0.2, 0.25) is 0 Å². The summed E-state index contributed by atoms with van der Waals surface area (Å²) in [5.74, 6) is 0.00389. The average molecular weight is 363 g/mol. The normalized spacial score (nSPS) is 15.2. The Morgan fingerprint density at radius 3 is 2.22 bits per heavy atom. The maximum absolute atomic E-state index is 12.3. The van der Waals surface area contributed by atoms with Gasteiger partial charge in [0.05, 0.1) is 5.71 Å². The molecule has 1 fully saturated rings. The van der Waals surface area contributed by atoms with Gasteiger partial charge in [0.15, 0.2) is 0 Å². The molecule has 0 aromatic heterocycles. The van der Waals surface area contributed by atoms with Crippen molar-refractivity contribution in [3.8, 4) is 0 Å². The summed E-state index contributed by atoms with van der Waals surface area (Å²) in [4.78, 5) is 24.4. The Kier molecular flexibility index (Phi) is 6.36. The van der Waals surface area contributed by atoms with Crippen molar-refractivity contribution in [1.82, 2.24) is 5.43 Å². The zero-order valence-corrected chi connectivity index (χ0v) is 15.6. The molecule has 140 valence electrons. The van der Waals surface area contributed by atoms with Crippen LogP contribution in [0.3, 0.4) is 0 Å². The van der Waals surface area contributed by atoms with E-state index in [4.69, 9.17) is 0 Å². The fourth-order valence-electron chi connectivity index (χ4n) is 3.26. The third-order valence-corrected chi connectivity index (χ3v) is 4.91. The summed E-state index contributed by atoms with van der Waals surface area (Å²) in [6.07, 6.45) is 5.48. The molecule has 5 nitrogen and oxygen atoms in total. The fraction of sp³-hybridized carbons (Fsp3) is 0.318. The molecule has 3 rings (SSSR count). The van der Waals surface area contributed by atoms with E-state index in [0.29, 0.717) is 11.3 Å². The molecule has 0 aliphatic heterocycles. The van der Waals surface area contributed by atoms with Crippen LogP contribution in [0.15, 0.2) is 59.7 Å². The minimum absolute atomic E-state index is 0.114. The molecule has 0 radical (unpaired) electrons. The number of hydrogen-bond acceptors (Lipinski definition) is 3. The molecule has 0 saturated heterocycles. The molecule has 2 aromatic carbocycles. The van der Waals surface area contributed by atoms with Crippen LogP contribution < -0.4 is 10.7 Å². The molecule has 0 spiro atoms. The van der Waals surface area contributed by atoms with Crippen molar-refractivity contribution < 1.29 is 9.59 Å². The lowest BCUT2D eigenvalue weighted by Gasteiger charge is -2.20. The first-order valence-corrected chi connectivity index (χ1v) is 9.44. The summed E-state index contributed by atoms with van der Waals surface area (Å²) in [5, 5.41) is 7.17. The van der Waals surface area contributed by atoms with Gasteiger partial charge in [-0.25, -0.2) is 5.43 Å². The van der Waals surface area contributed by atoms with Crippen LogP contribution in [-0.2, 0) is 4.79 Å². The summed E-state index contributed by atoms with van der Waals surface area (Å²) in [7, 11) is 0. The Hall–Kier alpha value is -2.95. The van der Waals surface area contributed by atoms with Crippen molar-refractivity contribution in [3.63, 3.8) is 0 Å². The van der Waals surface area contributed by atoms with Gasteiger partial charge in [0.2, 0.25) is 5.91 Å². The third kappa shape index (κ3) is 5.26. The highest BCUT2D eigenvalue weighted by Crippen LogP contribution is 2.25. The first-order valence-electron chi connectivity index (χ1n) is 9.44. The zero-order chi connectivity index (χ0) is 19.1. The Labute approximate surface area is 159 Å². The fourth-order valence-corrected chi connectivity index (χ4v) is 3.26. The number of nitrogens with one attached hydrogen (secondary N) is 2. The van der Waals surface area contributed by atoms with Crippen molar-refractivity contribution >= 4 is 23.2 Å². The first-order chi connectivity index (χ1) is 13.1. The van der Waals surface area contributed by atoms with Crippen molar-refractivity contribution in [1.29, 1.82) is 0 Å². The Morgan fingerprint density at radius 2 is 1.56 bits per heavy atom. The molecular weight excluding hydrogens is 338 g/mol. The van der Waals surface area contributed by atoms with Crippen LogP contribution in [-0.4, -0.2) is 17.5 Å². The van der Waals surface area contributed by atoms with Gasteiger partial charge in [-0.2, -0.15) is 5.10 Å². The van der Waals surface area contributed by atoms with Crippen molar-refractivity contribution in [2.24, 2.45) is 11.0 Å². The Balaban J connectivity index is 1.57. The van der Waals surface area contributed by atoms with E-state index in [1.54, 1.807) is 12.1 Å². The van der Waals surface area contributed by atoms with Gasteiger partial charge in [-0.05, 0) is 49.6 Å². The van der Waals surface area contributed by atoms with Crippen LogP contribution in [0.1, 0.15) is 54.9 Å². The van der Waals surface area contributed by atoms with E-state index in [0.717, 1.165) is 36.9 Å². The highest BCUT2D eigenvalue weighted by Gasteiger charge is 2.20. The quantitative estimate of drug-likeness (QED) is 0.612. The monoisotopic (exact) mass is 363 g/mol. The first kappa shape index (κ1) is 18.8. The lowest BCUT2D eigenvalue weighted by atomic mass is 9.88. The molecular formula is C22H25N3O2. The van der Waals surface area contributed by atoms with Crippen molar-refractivity contribution in [3.05, 3.63) is 65.7 Å². The lowest BCUT2D eigenvalue weighted by molar-refractivity contribution is -0.120. The third-order valence-electron chi connectivity index (χ3n) is 4.91. The molecule has 0 heterocycles. The van der Waals surface area contributed by atoms with E-state index in [9.17, 15) is 9.59 Å². The number of rotatable bonds is 5. The number of benzene rings is 2. The predicted octanol–water partition coefficient (Wildman–Crippen LogP) is 4.36. The molecule has 2 amide bonds. The summed E-state index contributed by atoms with van der Waals surface area (Å²) in [6.45, 7) is 1.83. The number of hydrazone groups is 1. The van der Waals surface area contributed by atoms with E-state index in [1.807, 2.05) is 49.4 Å². The topological polar surface area (TPSA) is 70.6 Å². The molecule has 0 atom stereocenters. The van der Waals surface area contributed by atoms with Gasteiger partial charge >= 0.3 is 0 Å². The second kappa shape index (κ2) is 9.12. The van der Waals surface area contributed by atoms with E-state index < -0.39 is 0 Å². The van der Waals surface area contributed by atoms with Gasteiger partial charge in [0.1, 0.15) is 0 Å². The maximum atomic E-state index is 12.3. The predicted molar refractivity (Wildman–Crippen MR) is 108 cm³/mol. The Morgan fingerprint density at radius 1 is 0.889 bits per heavy atom. The number of nitrogens with zero attached hydrogens (tertiary/aromatic N) is 1. The van der Waals surface area contributed by atoms with Crippen LogP contribution in [0, 0.1) is 5.92 Å². The van der Waals surface area contributed by atoms with Gasteiger partial charge in [0, 0.05) is 17.2 Å². The molecule has 1 aliphatic carbocycles. The second-order valence-corrected chi connectivity index (χ2v) is 6.91. The number of anilines is 1. The molecule has 2 N–H and O–H groups in total. The summed E-state index contributed by atoms with van der Waals surface area (Å²) >= 11 is 0. The van der Waals surface area contributed by atoms with Crippen LogP contribution in [0.25, 0.3) is 0 Å². The summed E-state index contributed by atoms with van der Waals surface area (Å²) in [5.41, 5.74) is 5.50. The van der Waals surface area contributed by atoms with Crippen molar-refractivity contribution in [2.75, 3.05) is 5.32 Å². The van der Waals surface area contributed by atoms with E-state index in [1.165, 1.54) is 6.42 Å². The number of carbonyl (C=O) groups excluding carboxylic acids is 2. The van der Waals surface area contributed by atoms with E-state index in [-0.39, 0.29) is 17.7 Å². The highest BCUT2D eigenvalue weighted by molar-refractivity contribution is 6.01. The van der Waals surface area contributed by atoms with Gasteiger partial charge in [0.25, 0.3) is 5.91 Å². The molecule has 0 unspecified atom stereocenters. The maximum Gasteiger partial charge on any atom is 0.271 e. The molecule has 27 heavy (non-hydrogen) atoms. The molecule has 1 aliphatic rings. The number of hydrogen-bond donors (Lipinski definition) is 2. The number of carbonyl (C=O) groups is 2. The van der Waals surface area contributed by atoms with Gasteiger partial charge in [-0.3, -0.25) is 9.59 Å². The Bertz CT molecular complexity index is 807. The van der Waals surface area contributed by atoms with Crippen molar-refractivity contribution in [2.45, 2.75) is 39.0 Å². The average Bonchev–Trinajstić information content (AvgIpc) is 2.73. The summed E-state index contributed by atoms with van der Waals surface area (Å²) in [6, 6.07) is 16.5. The smallest absolute Gasteiger partial charge is 0.271 e. The van der Waals surface area contributed by atoms with E-state index >= 15 is 0 Å².